The normalized spacial score (nSPS) is 10.5. The van der Waals surface area contributed by atoms with Crippen molar-refractivity contribution in [1.29, 1.82) is 0 Å². The Hall–Kier alpha value is -4.88. The van der Waals surface area contributed by atoms with E-state index in [1.54, 1.807) is 0 Å². The third-order valence-electron chi connectivity index (χ3n) is 6.43. The summed E-state index contributed by atoms with van der Waals surface area (Å²) < 4.78 is 0. The molecular weight excluding hydrogens is 998 g/mol. The summed E-state index contributed by atoms with van der Waals surface area (Å²) in [5.74, 6) is -25.1. The molecule has 67 heavy (non-hydrogen) atoms. The van der Waals surface area contributed by atoms with E-state index < -0.39 is 182 Å². The Morgan fingerprint density at radius 2 is 0.269 bits per heavy atom. The molecule has 0 aromatic heterocycles. The molecule has 37 heteroatoms. The van der Waals surface area contributed by atoms with E-state index in [2.05, 4.69) is 0 Å². The van der Waals surface area contributed by atoms with E-state index in [1.165, 1.54) is 0 Å². The van der Waals surface area contributed by atoms with Crippen LogP contribution in [0.5, 0.6) is 0 Å². The number of hydrogen-bond donors (Lipinski definition) is 20. The van der Waals surface area contributed by atoms with Crippen LogP contribution >= 0.6 is 0 Å². The van der Waals surface area contributed by atoms with Crippen LogP contribution in [-0.4, -0.2) is 220 Å². The summed E-state index contributed by atoms with van der Waals surface area (Å²) in [5, 5.41) is 169. The van der Waals surface area contributed by atoms with Gasteiger partial charge in [-0.25, -0.2) is 24.0 Å². The molecule has 0 spiro atoms. The largest absolute Gasteiger partial charge is 1.00 e. The number of aliphatic hydroxyl groups is 5. The van der Waals surface area contributed by atoms with Crippen molar-refractivity contribution in [2.75, 3.05) is 0 Å². The second kappa shape index (κ2) is 34.4. The zero-order valence-corrected chi connectivity index (χ0v) is 40.4. The first-order valence-corrected chi connectivity index (χ1v) is 15.9. The molecular formula is C30H42K2O35. The van der Waals surface area contributed by atoms with Gasteiger partial charge in [0.15, 0.2) is 28.0 Å². The number of carbonyl (C=O) groups is 15. The van der Waals surface area contributed by atoms with Gasteiger partial charge < -0.3 is 105 Å². The van der Waals surface area contributed by atoms with Crippen LogP contribution in [0.4, 0.5) is 0 Å². The molecule has 0 heterocycles. The Bertz CT molecular complexity index is 1460. The fourth-order valence-electron chi connectivity index (χ4n) is 3.57. The molecule has 35 nitrogen and oxygen atoms in total. The number of hydrogen-bond acceptors (Lipinski definition) is 20. The fraction of sp³-hybridized carbons (Fsp3) is 0.500. The Balaban J connectivity index is -0.0000000918. The maximum absolute atomic E-state index is 10.3. The summed E-state index contributed by atoms with van der Waals surface area (Å²) in [7, 11) is 0. The number of rotatable bonds is 25. The summed E-state index contributed by atoms with van der Waals surface area (Å²) in [6.45, 7) is 0. The minimum Gasteiger partial charge on any atom is -1.00 e. The van der Waals surface area contributed by atoms with Crippen LogP contribution in [-0.2, 0) is 71.9 Å². The molecule has 0 aliphatic carbocycles. The minimum absolute atomic E-state index is 0. The Morgan fingerprint density at radius 3 is 0.299 bits per heavy atom. The van der Waals surface area contributed by atoms with E-state index in [4.69, 9.17) is 102 Å². The average Bonchev–Trinajstić information content (AvgIpc) is 3.01. The van der Waals surface area contributed by atoms with Gasteiger partial charge in [0.05, 0.1) is 64.2 Å². The summed E-state index contributed by atoms with van der Waals surface area (Å²) in [6, 6.07) is 0. The van der Waals surface area contributed by atoms with Crippen molar-refractivity contribution in [3.63, 3.8) is 0 Å². The summed E-state index contributed by atoms with van der Waals surface area (Å²) in [5.41, 5.74) is -13.7. The van der Waals surface area contributed by atoms with Crippen LogP contribution in [0.25, 0.3) is 0 Å². The third-order valence-corrected chi connectivity index (χ3v) is 6.43. The van der Waals surface area contributed by atoms with Gasteiger partial charge in [-0.3, -0.25) is 47.9 Å². The minimum atomic E-state index is -2.74. The van der Waals surface area contributed by atoms with Crippen LogP contribution in [0.15, 0.2) is 0 Å². The molecule has 20 N–H and O–H groups in total. The maximum Gasteiger partial charge on any atom is 1.00 e. The Labute approximate surface area is 456 Å². The Morgan fingerprint density at radius 1 is 0.209 bits per heavy atom. The van der Waals surface area contributed by atoms with Crippen LogP contribution in [0.2, 0.25) is 0 Å². The monoisotopic (exact) mass is 1040 g/mol. The molecule has 0 radical (unpaired) electrons. The summed E-state index contributed by atoms with van der Waals surface area (Å²) in [4.78, 5) is 152. The van der Waals surface area contributed by atoms with Gasteiger partial charge in [-0.2, -0.15) is 0 Å². The topological polar surface area (TPSA) is 661 Å². The van der Waals surface area contributed by atoms with E-state index in [9.17, 15) is 71.9 Å². The molecule has 0 rings (SSSR count). The van der Waals surface area contributed by atoms with Gasteiger partial charge in [0.25, 0.3) is 0 Å². The van der Waals surface area contributed by atoms with Gasteiger partial charge in [-0.1, -0.05) is 0 Å². The maximum atomic E-state index is 10.3. The molecule has 0 aromatic rings. The van der Waals surface area contributed by atoms with Crippen LogP contribution in [0.1, 0.15) is 67.1 Å². The molecule has 0 aliphatic heterocycles. The molecule has 0 amide bonds. The average molecular weight is 1040 g/mol. The number of carboxylic acid groups (broad SMARTS) is 15. The quantitative estimate of drug-likeness (QED) is 0.0378. The van der Waals surface area contributed by atoms with Crippen molar-refractivity contribution in [2.45, 2.75) is 92.2 Å². The van der Waals surface area contributed by atoms with Crippen molar-refractivity contribution < 1.29 is 280 Å². The van der Waals surface area contributed by atoms with Gasteiger partial charge in [0, 0.05) is 0 Å². The van der Waals surface area contributed by atoms with Crippen molar-refractivity contribution >= 4 is 89.5 Å². The van der Waals surface area contributed by atoms with E-state index in [0.29, 0.717) is 0 Å². The van der Waals surface area contributed by atoms with Crippen LogP contribution in [0.3, 0.4) is 0 Å². The van der Waals surface area contributed by atoms with E-state index in [-0.39, 0.29) is 106 Å². The zero-order chi connectivity index (χ0) is 53.2. The molecule has 374 valence electrons. The van der Waals surface area contributed by atoms with Gasteiger partial charge in [-0.05, 0) is 0 Å². The second-order valence-corrected chi connectivity index (χ2v) is 12.4. The molecule has 0 aromatic carbocycles. The molecule has 0 aliphatic rings. The SMILES string of the molecule is O=C(O)CC(O)(CC(=O)O)C(=O)O.O=C(O)CC(O)(CC(=O)O)C(=O)O.O=C(O)CC(O)(CC(=O)O)C(=O)O.O=C(O)CC(O)(CC(=O)O)C(=O)O.O=C(O)CC(O)(CC(=O)O)C(=O)O.[H-].[H-].[K+].[K+]. The van der Waals surface area contributed by atoms with Crippen LogP contribution in [0, 0.1) is 0 Å². The van der Waals surface area contributed by atoms with Gasteiger partial charge in [-0.15, -0.1) is 0 Å². The van der Waals surface area contributed by atoms with Gasteiger partial charge in [0.1, 0.15) is 0 Å². The molecule has 0 atom stereocenters. The predicted molar refractivity (Wildman–Crippen MR) is 188 cm³/mol. The van der Waals surface area contributed by atoms with E-state index >= 15 is 0 Å². The fourth-order valence-corrected chi connectivity index (χ4v) is 3.57. The number of aliphatic carboxylic acids is 15. The predicted octanol–water partition coefficient (Wildman–Crippen LogP) is -12.0. The van der Waals surface area contributed by atoms with Crippen LogP contribution < -0.4 is 103 Å². The third kappa shape index (κ3) is 37.9. The molecule has 0 saturated heterocycles. The molecule has 0 saturated carbocycles. The smallest absolute Gasteiger partial charge is 1.00 e. The number of carboxylic acids is 15. The van der Waals surface area contributed by atoms with E-state index in [1.807, 2.05) is 0 Å². The summed E-state index contributed by atoms with van der Waals surface area (Å²) >= 11 is 0. The Kier molecular flexibility index (Phi) is 39.2. The standard InChI is InChI=1S/5C6H8O7.2K.2H/c5*7-3(8)1-6(13,5(11)12)2-4(9)10;;;;/h5*13H,1-2H2,(H,7,8)(H,9,10)(H,11,12);;;;/q;;;;;2*+1;2*-1. The van der Waals surface area contributed by atoms with Crippen molar-refractivity contribution in [3.05, 3.63) is 0 Å². The molecule has 0 bridgehead atoms. The van der Waals surface area contributed by atoms with Gasteiger partial charge in [0.2, 0.25) is 0 Å². The first-order valence-electron chi connectivity index (χ1n) is 15.9. The van der Waals surface area contributed by atoms with Crippen molar-refractivity contribution in [2.24, 2.45) is 0 Å². The molecule has 0 unspecified atom stereocenters. The second-order valence-electron chi connectivity index (χ2n) is 12.4. The first kappa shape index (κ1) is 76.4. The molecule has 0 fully saturated rings. The summed E-state index contributed by atoms with van der Waals surface area (Å²) in [6.07, 6.45) is -11.4. The van der Waals surface area contributed by atoms with E-state index in [0.717, 1.165) is 0 Å². The van der Waals surface area contributed by atoms with Crippen molar-refractivity contribution in [1.82, 2.24) is 0 Å². The zero-order valence-electron chi connectivity index (χ0n) is 36.1. The van der Waals surface area contributed by atoms with Gasteiger partial charge >= 0.3 is 192 Å². The first-order chi connectivity index (χ1) is 28.9. The van der Waals surface area contributed by atoms with Crippen molar-refractivity contribution in [3.8, 4) is 0 Å².